The smallest absolute Gasteiger partial charge is 0.251 e. The van der Waals surface area contributed by atoms with Crippen molar-refractivity contribution >= 4 is 5.91 Å². The number of aromatic amines is 1. The minimum Gasteiger partial charge on any atom is -0.396 e. The van der Waals surface area contributed by atoms with Crippen LogP contribution in [0, 0.1) is 5.92 Å². The molecule has 0 saturated carbocycles. The fraction of sp³-hybridized carbons (Fsp3) is 0.385. The molecule has 1 aromatic heterocycles. The van der Waals surface area contributed by atoms with Crippen LogP contribution in [0.15, 0.2) is 24.3 Å². The van der Waals surface area contributed by atoms with E-state index in [1.54, 1.807) is 24.3 Å². The van der Waals surface area contributed by atoms with Crippen LogP contribution in [0.25, 0.3) is 11.4 Å². The lowest BCUT2D eigenvalue weighted by molar-refractivity contribution is 0.0916. The summed E-state index contributed by atoms with van der Waals surface area (Å²) in [6.45, 7) is 3.77. The summed E-state index contributed by atoms with van der Waals surface area (Å²) in [6, 6.07) is 6.88. The molecule has 0 aliphatic heterocycles. The minimum atomic E-state index is -0.192. The van der Waals surface area contributed by atoms with Gasteiger partial charge in [-0.25, -0.2) is 0 Å². The Bertz CT molecular complexity index is 570. The Balaban J connectivity index is 2.13. The van der Waals surface area contributed by atoms with Crippen molar-refractivity contribution in [2.45, 2.75) is 19.9 Å². The summed E-state index contributed by atoms with van der Waals surface area (Å²) < 4.78 is 0. The second-order valence-electron chi connectivity index (χ2n) is 4.74. The first-order valence-corrected chi connectivity index (χ1v) is 6.37. The number of hydrogen-bond acceptors (Lipinski definition) is 5. The van der Waals surface area contributed by atoms with Gasteiger partial charge in [-0.1, -0.05) is 19.1 Å². The van der Waals surface area contributed by atoms with Gasteiger partial charge in [0.25, 0.3) is 5.91 Å². The van der Waals surface area contributed by atoms with Gasteiger partial charge in [0.15, 0.2) is 0 Å². The molecule has 1 heterocycles. The van der Waals surface area contributed by atoms with E-state index in [-0.39, 0.29) is 24.5 Å². The number of nitrogens with zero attached hydrogens (tertiary/aromatic N) is 3. The summed E-state index contributed by atoms with van der Waals surface area (Å²) in [5, 5.41) is 25.6. The fourth-order valence-electron chi connectivity index (χ4n) is 1.67. The highest BCUT2D eigenvalue weighted by Gasteiger charge is 2.15. The van der Waals surface area contributed by atoms with Gasteiger partial charge in [-0.3, -0.25) is 4.79 Å². The van der Waals surface area contributed by atoms with Crippen LogP contribution in [-0.2, 0) is 0 Å². The van der Waals surface area contributed by atoms with Gasteiger partial charge in [-0.05, 0) is 30.2 Å². The van der Waals surface area contributed by atoms with Crippen LogP contribution in [0.5, 0.6) is 0 Å². The largest absolute Gasteiger partial charge is 0.396 e. The van der Waals surface area contributed by atoms with Crippen molar-refractivity contribution in [3.05, 3.63) is 29.8 Å². The average Bonchev–Trinajstić information content (AvgIpc) is 3.00. The Morgan fingerprint density at radius 1 is 1.45 bits per heavy atom. The minimum absolute atomic E-state index is 0.000611. The van der Waals surface area contributed by atoms with E-state index in [1.807, 2.05) is 13.8 Å². The summed E-state index contributed by atoms with van der Waals surface area (Å²) in [5.74, 6) is 0.249. The second kappa shape index (κ2) is 6.25. The molecule has 0 saturated heterocycles. The number of carbonyl (C=O) groups excluding carboxylic acids is 1. The number of H-pyrrole nitrogens is 1. The summed E-state index contributed by atoms with van der Waals surface area (Å²) in [4.78, 5) is 12.1. The molecule has 0 aliphatic carbocycles. The third kappa shape index (κ3) is 3.18. The molecule has 2 atom stereocenters. The van der Waals surface area contributed by atoms with Gasteiger partial charge in [0.2, 0.25) is 5.82 Å². The number of nitrogens with one attached hydrogen (secondary N) is 2. The van der Waals surface area contributed by atoms with Gasteiger partial charge in [0.05, 0.1) is 0 Å². The van der Waals surface area contributed by atoms with Crippen LogP contribution in [0.4, 0.5) is 0 Å². The number of rotatable bonds is 5. The molecule has 2 aromatic rings. The maximum atomic E-state index is 12.1. The number of aliphatic hydroxyl groups excluding tert-OH is 1. The van der Waals surface area contributed by atoms with Gasteiger partial charge in [-0.15, -0.1) is 10.2 Å². The maximum Gasteiger partial charge on any atom is 0.251 e. The topological polar surface area (TPSA) is 104 Å². The average molecular weight is 275 g/mol. The SMILES string of the molecule is CC(CO)C(C)NC(=O)c1cccc(-c2nn[nH]n2)c1. The van der Waals surface area contributed by atoms with Crippen molar-refractivity contribution < 1.29 is 9.90 Å². The van der Waals surface area contributed by atoms with Crippen molar-refractivity contribution in [1.82, 2.24) is 25.9 Å². The Morgan fingerprint density at radius 2 is 2.25 bits per heavy atom. The zero-order valence-corrected chi connectivity index (χ0v) is 11.4. The summed E-state index contributed by atoms with van der Waals surface area (Å²) >= 11 is 0. The van der Waals surface area contributed by atoms with Crippen LogP contribution in [0.1, 0.15) is 24.2 Å². The van der Waals surface area contributed by atoms with E-state index >= 15 is 0 Å². The fourth-order valence-corrected chi connectivity index (χ4v) is 1.67. The lowest BCUT2D eigenvalue weighted by Crippen LogP contribution is -2.38. The highest BCUT2D eigenvalue weighted by molar-refractivity contribution is 5.95. The first-order chi connectivity index (χ1) is 9.61. The maximum absolute atomic E-state index is 12.1. The molecular formula is C13H17N5O2. The zero-order chi connectivity index (χ0) is 14.5. The van der Waals surface area contributed by atoms with Crippen molar-refractivity contribution in [3.63, 3.8) is 0 Å². The first-order valence-electron chi connectivity index (χ1n) is 6.37. The van der Waals surface area contributed by atoms with E-state index < -0.39 is 0 Å². The number of aliphatic hydroxyl groups is 1. The number of benzene rings is 1. The Kier molecular flexibility index (Phi) is 4.41. The quantitative estimate of drug-likeness (QED) is 0.742. The van der Waals surface area contributed by atoms with Crippen molar-refractivity contribution in [2.75, 3.05) is 6.61 Å². The van der Waals surface area contributed by atoms with Crippen LogP contribution in [0.3, 0.4) is 0 Å². The Hall–Kier alpha value is -2.28. The molecular weight excluding hydrogens is 258 g/mol. The van der Waals surface area contributed by atoms with Gasteiger partial charge < -0.3 is 10.4 Å². The number of hydrogen-bond donors (Lipinski definition) is 3. The van der Waals surface area contributed by atoms with E-state index in [1.165, 1.54) is 0 Å². The van der Waals surface area contributed by atoms with Crippen LogP contribution < -0.4 is 5.32 Å². The molecule has 1 aromatic carbocycles. The molecule has 0 radical (unpaired) electrons. The van der Waals surface area contributed by atoms with Crippen LogP contribution >= 0.6 is 0 Å². The van der Waals surface area contributed by atoms with Crippen LogP contribution in [0.2, 0.25) is 0 Å². The van der Waals surface area contributed by atoms with Crippen LogP contribution in [-0.4, -0.2) is 44.3 Å². The highest BCUT2D eigenvalue weighted by atomic mass is 16.3. The molecule has 2 unspecified atom stereocenters. The predicted molar refractivity (Wildman–Crippen MR) is 72.8 cm³/mol. The lowest BCUT2D eigenvalue weighted by atomic mass is 10.0. The second-order valence-corrected chi connectivity index (χ2v) is 4.74. The van der Waals surface area contributed by atoms with E-state index in [0.29, 0.717) is 17.0 Å². The van der Waals surface area contributed by atoms with Crippen molar-refractivity contribution in [2.24, 2.45) is 5.92 Å². The van der Waals surface area contributed by atoms with E-state index in [4.69, 9.17) is 5.11 Å². The lowest BCUT2D eigenvalue weighted by Gasteiger charge is -2.19. The first kappa shape index (κ1) is 14.1. The molecule has 7 nitrogen and oxygen atoms in total. The monoisotopic (exact) mass is 275 g/mol. The number of aromatic nitrogens is 4. The van der Waals surface area contributed by atoms with Crippen molar-refractivity contribution in [1.29, 1.82) is 0 Å². The summed E-state index contributed by atoms with van der Waals surface area (Å²) in [7, 11) is 0. The summed E-state index contributed by atoms with van der Waals surface area (Å²) in [6.07, 6.45) is 0. The van der Waals surface area contributed by atoms with E-state index in [9.17, 15) is 4.79 Å². The van der Waals surface area contributed by atoms with Gasteiger partial charge in [-0.2, -0.15) is 5.21 Å². The Labute approximate surface area is 116 Å². The summed E-state index contributed by atoms with van der Waals surface area (Å²) in [5.41, 5.74) is 1.23. The molecule has 0 bridgehead atoms. The molecule has 3 N–H and O–H groups in total. The van der Waals surface area contributed by atoms with Gasteiger partial charge in [0, 0.05) is 23.8 Å². The molecule has 106 valence electrons. The third-order valence-corrected chi connectivity index (χ3v) is 3.23. The number of carbonyl (C=O) groups is 1. The molecule has 0 spiro atoms. The van der Waals surface area contributed by atoms with E-state index in [0.717, 1.165) is 0 Å². The highest BCUT2D eigenvalue weighted by Crippen LogP contribution is 2.15. The van der Waals surface area contributed by atoms with E-state index in [2.05, 4.69) is 25.9 Å². The molecule has 0 fully saturated rings. The molecule has 7 heteroatoms. The number of tetrazole rings is 1. The van der Waals surface area contributed by atoms with Gasteiger partial charge >= 0.3 is 0 Å². The third-order valence-electron chi connectivity index (χ3n) is 3.23. The zero-order valence-electron chi connectivity index (χ0n) is 11.4. The number of amides is 1. The normalized spacial score (nSPS) is 13.8. The molecule has 20 heavy (non-hydrogen) atoms. The Morgan fingerprint density at radius 3 is 2.90 bits per heavy atom. The predicted octanol–water partition coefficient (Wildman–Crippen LogP) is 0.613. The molecule has 2 rings (SSSR count). The standard InChI is InChI=1S/C13H17N5O2/c1-8(7-19)9(2)14-13(20)11-5-3-4-10(6-11)12-15-17-18-16-12/h3-6,8-9,19H,7H2,1-2H3,(H,14,20)(H,15,16,17,18). The van der Waals surface area contributed by atoms with Gasteiger partial charge in [0.1, 0.15) is 0 Å². The van der Waals surface area contributed by atoms with Crippen molar-refractivity contribution in [3.8, 4) is 11.4 Å². The molecule has 0 aliphatic rings. The molecule has 1 amide bonds.